The van der Waals surface area contributed by atoms with Crippen molar-refractivity contribution >= 4 is 0 Å². The van der Waals surface area contributed by atoms with Crippen LogP contribution in [0.2, 0.25) is 0 Å². The van der Waals surface area contributed by atoms with E-state index in [1.54, 1.807) is 0 Å². The summed E-state index contributed by atoms with van der Waals surface area (Å²) in [7, 11) is 0. The third-order valence-electron chi connectivity index (χ3n) is 2.84. The molecule has 1 aliphatic heterocycles. The van der Waals surface area contributed by atoms with Crippen LogP contribution in [0.4, 0.5) is 0 Å². The van der Waals surface area contributed by atoms with Gasteiger partial charge in [0, 0.05) is 19.8 Å². The summed E-state index contributed by atoms with van der Waals surface area (Å²) in [5.74, 6) is 0.926. The molecule has 1 aliphatic rings. The summed E-state index contributed by atoms with van der Waals surface area (Å²) in [6, 6.07) is 2.30. The van der Waals surface area contributed by atoms with Crippen LogP contribution in [0.15, 0.2) is 0 Å². The molecule has 1 unspecified atom stereocenters. The molecule has 0 aromatic carbocycles. The van der Waals surface area contributed by atoms with Crippen LogP contribution in [-0.4, -0.2) is 26.3 Å². The van der Waals surface area contributed by atoms with Crippen LogP contribution in [-0.2, 0) is 4.74 Å². The predicted octanol–water partition coefficient (Wildman–Crippen LogP) is 1.55. The highest BCUT2D eigenvalue weighted by atomic mass is 16.5. The number of hydrogen-bond donors (Lipinski definition) is 1. The number of rotatable bonds is 5. The first kappa shape index (κ1) is 11.5. The minimum Gasteiger partial charge on any atom is -0.381 e. The van der Waals surface area contributed by atoms with Crippen molar-refractivity contribution in [3.63, 3.8) is 0 Å². The lowest BCUT2D eigenvalue weighted by Crippen LogP contribution is -2.30. The molecule has 0 spiro atoms. The summed E-state index contributed by atoms with van der Waals surface area (Å²) in [6.45, 7) is 5.75. The van der Waals surface area contributed by atoms with Crippen molar-refractivity contribution in [2.24, 2.45) is 11.8 Å². The average Bonchev–Trinajstić information content (AvgIpc) is 2.26. The van der Waals surface area contributed by atoms with Crippen LogP contribution in [0.3, 0.4) is 0 Å². The third kappa shape index (κ3) is 4.08. The molecule has 0 aromatic rings. The summed E-state index contributed by atoms with van der Waals surface area (Å²) >= 11 is 0. The van der Waals surface area contributed by atoms with Crippen molar-refractivity contribution in [2.75, 3.05) is 26.3 Å². The molecule has 0 aliphatic carbocycles. The van der Waals surface area contributed by atoms with E-state index < -0.39 is 0 Å². The first-order chi connectivity index (χ1) is 6.86. The van der Waals surface area contributed by atoms with Crippen LogP contribution in [0.5, 0.6) is 0 Å². The normalized spacial score (nSPS) is 20.3. The summed E-state index contributed by atoms with van der Waals surface area (Å²) in [5, 5.41) is 12.1. The van der Waals surface area contributed by atoms with Crippen LogP contribution < -0.4 is 5.32 Å². The van der Waals surface area contributed by atoms with Crippen molar-refractivity contribution in [1.82, 2.24) is 5.32 Å². The molecule has 0 aromatic heterocycles. The highest BCUT2D eigenvalue weighted by molar-refractivity contribution is 4.83. The second-order valence-corrected chi connectivity index (χ2v) is 3.95. The van der Waals surface area contributed by atoms with E-state index in [0.29, 0.717) is 0 Å². The van der Waals surface area contributed by atoms with Gasteiger partial charge in [0.25, 0.3) is 0 Å². The van der Waals surface area contributed by atoms with E-state index >= 15 is 0 Å². The highest BCUT2D eigenvalue weighted by Crippen LogP contribution is 2.13. The molecule has 1 saturated heterocycles. The van der Waals surface area contributed by atoms with E-state index in [9.17, 15) is 0 Å². The lowest BCUT2D eigenvalue weighted by molar-refractivity contribution is 0.0662. The Balaban J connectivity index is 2.05. The molecule has 0 amide bonds. The monoisotopic (exact) mass is 196 g/mol. The number of nitrogens with one attached hydrogen (secondary N) is 1. The summed E-state index contributed by atoms with van der Waals surface area (Å²) in [4.78, 5) is 0. The molecule has 0 radical (unpaired) electrons. The fourth-order valence-corrected chi connectivity index (χ4v) is 1.69. The van der Waals surface area contributed by atoms with Gasteiger partial charge in [-0.05, 0) is 31.7 Å². The van der Waals surface area contributed by atoms with Gasteiger partial charge in [-0.25, -0.2) is 0 Å². The van der Waals surface area contributed by atoms with Crippen LogP contribution >= 0.6 is 0 Å². The minimum atomic E-state index is 0.176. The van der Waals surface area contributed by atoms with E-state index in [2.05, 4.69) is 18.3 Å². The zero-order valence-corrected chi connectivity index (χ0v) is 8.96. The zero-order valence-electron chi connectivity index (χ0n) is 8.96. The van der Waals surface area contributed by atoms with Crippen LogP contribution in [0.1, 0.15) is 26.2 Å². The molecule has 80 valence electrons. The van der Waals surface area contributed by atoms with Gasteiger partial charge in [0.15, 0.2) is 0 Å². The molecule has 1 heterocycles. The Hall–Kier alpha value is -0.590. The molecule has 1 rings (SSSR count). The number of nitriles is 1. The van der Waals surface area contributed by atoms with Gasteiger partial charge in [-0.3, -0.25) is 0 Å². The number of hydrogen-bond acceptors (Lipinski definition) is 3. The largest absolute Gasteiger partial charge is 0.381 e. The Morgan fingerprint density at radius 1 is 1.50 bits per heavy atom. The Morgan fingerprint density at radius 2 is 2.21 bits per heavy atom. The van der Waals surface area contributed by atoms with Gasteiger partial charge in [0.2, 0.25) is 0 Å². The zero-order chi connectivity index (χ0) is 10.2. The number of ether oxygens (including phenoxy) is 1. The van der Waals surface area contributed by atoms with Gasteiger partial charge >= 0.3 is 0 Å². The topological polar surface area (TPSA) is 45.0 Å². The van der Waals surface area contributed by atoms with Gasteiger partial charge in [0.1, 0.15) is 0 Å². The average molecular weight is 196 g/mol. The summed E-state index contributed by atoms with van der Waals surface area (Å²) in [5.41, 5.74) is 0. The third-order valence-corrected chi connectivity index (χ3v) is 2.84. The Bertz CT molecular complexity index is 182. The lowest BCUT2D eigenvalue weighted by atomic mass is 10.00. The standard InChI is InChI=1S/C11H20N2O/c1-2-10(7-12)8-13-9-11-3-5-14-6-4-11/h10-11,13H,2-6,8-9H2,1H3. The van der Waals surface area contributed by atoms with E-state index in [-0.39, 0.29) is 5.92 Å². The highest BCUT2D eigenvalue weighted by Gasteiger charge is 2.13. The van der Waals surface area contributed by atoms with E-state index in [1.807, 2.05) is 0 Å². The summed E-state index contributed by atoms with van der Waals surface area (Å²) < 4.78 is 5.29. The maximum absolute atomic E-state index is 8.75. The Kier molecular flexibility index (Phi) is 5.58. The second kappa shape index (κ2) is 6.80. The molecule has 3 nitrogen and oxygen atoms in total. The fourth-order valence-electron chi connectivity index (χ4n) is 1.69. The fraction of sp³-hybridized carbons (Fsp3) is 0.909. The SMILES string of the molecule is CCC(C#N)CNCC1CCOCC1. The quantitative estimate of drug-likeness (QED) is 0.725. The van der Waals surface area contributed by atoms with E-state index in [0.717, 1.165) is 51.5 Å². The molecule has 1 atom stereocenters. The van der Waals surface area contributed by atoms with Crippen LogP contribution in [0.25, 0.3) is 0 Å². The minimum absolute atomic E-state index is 0.176. The lowest BCUT2D eigenvalue weighted by Gasteiger charge is -2.22. The maximum Gasteiger partial charge on any atom is 0.0669 e. The number of nitrogens with zero attached hydrogens (tertiary/aromatic N) is 1. The van der Waals surface area contributed by atoms with Crippen molar-refractivity contribution in [3.8, 4) is 6.07 Å². The van der Waals surface area contributed by atoms with Gasteiger partial charge < -0.3 is 10.1 Å². The van der Waals surface area contributed by atoms with E-state index in [4.69, 9.17) is 10.00 Å². The first-order valence-electron chi connectivity index (χ1n) is 5.55. The summed E-state index contributed by atoms with van der Waals surface area (Å²) in [6.07, 6.45) is 3.27. The van der Waals surface area contributed by atoms with Crippen molar-refractivity contribution in [2.45, 2.75) is 26.2 Å². The molecule has 0 saturated carbocycles. The van der Waals surface area contributed by atoms with Crippen molar-refractivity contribution < 1.29 is 4.74 Å². The van der Waals surface area contributed by atoms with Gasteiger partial charge in [-0.15, -0.1) is 0 Å². The molecule has 14 heavy (non-hydrogen) atoms. The Labute approximate surface area is 86.4 Å². The van der Waals surface area contributed by atoms with Gasteiger partial charge in [-0.1, -0.05) is 6.92 Å². The maximum atomic E-state index is 8.75. The molecular weight excluding hydrogens is 176 g/mol. The first-order valence-corrected chi connectivity index (χ1v) is 5.55. The predicted molar refractivity (Wildman–Crippen MR) is 55.8 cm³/mol. The second-order valence-electron chi connectivity index (χ2n) is 3.95. The molecule has 1 N–H and O–H groups in total. The molecule has 1 fully saturated rings. The van der Waals surface area contributed by atoms with Gasteiger partial charge in [-0.2, -0.15) is 5.26 Å². The van der Waals surface area contributed by atoms with E-state index in [1.165, 1.54) is 0 Å². The van der Waals surface area contributed by atoms with Crippen molar-refractivity contribution in [3.05, 3.63) is 0 Å². The molecular formula is C11H20N2O. The Morgan fingerprint density at radius 3 is 2.79 bits per heavy atom. The van der Waals surface area contributed by atoms with Crippen molar-refractivity contribution in [1.29, 1.82) is 5.26 Å². The van der Waals surface area contributed by atoms with Gasteiger partial charge in [0.05, 0.1) is 12.0 Å². The molecule has 3 heteroatoms. The van der Waals surface area contributed by atoms with Crippen LogP contribution in [0, 0.1) is 23.2 Å². The smallest absolute Gasteiger partial charge is 0.0669 e. The molecule has 0 bridgehead atoms.